The fraction of sp³-hybridized carbons (Fsp3) is 0.200. The Morgan fingerprint density at radius 3 is 2.29 bits per heavy atom. The molecule has 0 atom stereocenters. The average Bonchev–Trinajstić information content (AvgIpc) is 2.19. The van der Waals surface area contributed by atoms with E-state index in [4.69, 9.17) is 5.73 Å². The minimum Gasteiger partial charge on any atom is -0.399 e. The van der Waals surface area contributed by atoms with Gasteiger partial charge in [0.05, 0.1) is 5.69 Å². The van der Waals surface area contributed by atoms with Crippen LogP contribution in [0.25, 0.3) is 0 Å². The van der Waals surface area contributed by atoms with E-state index >= 15 is 0 Å². The molecule has 0 saturated heterocycles. The topological polar surface area (TPSA) is 107 Å². The number of carbonyl (C=O) groups excluding carboxylic acids is 2. The van der Waals surface area contributed by atoms with Crippen molar-refractivity contribution >= 4 is 23.2 Å². The summed E-state index contributed by atoms with van der Waals surface area (Å²) in [7, 11) is 0. The van der Waals surface area contributed by atoms with E-state index in [1.165, 1.54) is 24.3 Å². The highest BCUT2D eigenvalue weighted by Gasteiger charge is 2.24. The van der Waals surface area contributed by atoms with Crippen molar-refractivity contribution < 1.29 is 14.5 Å². The van der Waals surface area contributed by atoms with E-state index in [2.05, 4.69) is 0 Å². The molecule has 17 heavy (non-hydrogen) atoms. The maximum atomic E-state index is 11.5. The van der Waals surface area contributed by atoms with Gasteiger partial charge in [-0.1, -0.05) is 0 Å². The lowest BCUT2D eigenvalue weighted by Gasteiger charge is -2.17. The van der Waals surface area contributed by atoms with Crippen molar-refractivity contribution in [1.29, 1.82) is 0 Å². The van der Waals surface area contributed by atoms with E-state index in [9.17, 15) is 19.7 Å². The number of imide groups is 1. The van der Waals surface area contributed by atoms with Crippen LogP contribution in [0.2, 0.25) is 0 Å². The minimum atomic E-state index is -0.927. The highest BCUT2D eigenvalue weighted by atomic mass is 16.6. The number of nitro groups is 1. The van der Waals surface area contributed by atoms with Crippen LogP contribution >= 0.6 is 0 Å². The molecular formula is C10H11N3O4. The van der Waals surface area contributed by atoms with Gasteiger partial charge < -0.3 is 5.73 Å². The lowest BCUT2D eigenvalue weighted by molar-refractivity contribution is -0.467. The maximum Gasteiger partial charge on any atom is 0.305 e. The SMILES string of the molecule is CC(=O)N(C(=O)C[N+](=O)[O-])c1ccc(N)cc1. The molecule has 90 valence electrons. The quantitative estimate of drug-likeness (QED) is 0.466. The van der Waals surface area contributed by atoms with Crippen molar-refractivity contribution in [2.75, 3.05) is 17.2 Å². The first-order chi connectivity index (χ1) is 7.91. The van der Waals surface area contributed by atoms with Gasteiger partial charge in [-0.25, -0.2) is 4.90 Å². The number of nitrogens with two attached hydrogens (primary N) is 1. The molecule has 2 N–H and O–H groups in total. The van der Waals surface area contributed by atoms with Gasteiger partial charge in [-0.15, -0.1) is 0 Å². The summed E-state index contributed by atoms with van der Waals surface area (Å²) < 4.78 is 0. The van der Waals surface area contributed by atoms with Crippen LogP contribution in [-0.4, -0.2) is 23.3 Å². The molecule has 2 amide bonds. The first kappa shape index (κ1) is 12.6. The van der Waals surface area contributed by atoms with E-state index < -0.39 is 23.3 Å². The van der Waals surface area contributed by atoms with Crippen molar-refractivity contribution in [2.45, 2.75) is 6.92 Å². The van der Waals surface area contributed by atoms with Gasteiger partial charge in [0.1, 0.15) is 0 Å². The van der Waals surface area contributed by atoms with Crippen LogP contribution in [0.5, 0.6) is 0 Å². The molecular weight excluding hydrogens is 226 g/mol. The third-order valence-corrected chi connectivity index (χ3v) is 1.98. The minimum absolute atomic E-state index is 0.263. The van der Waals surface area contributed by atoms with Crippen LogP contribution in [0.3, 0.4) is 0 Å². The number of benzene rings is 1. The molecule has 0 aliphatic rings. The molecule has 1 aromatic rings. The number of anilines is 2. The predicted molar refractivity (Wildman–Crippen MR) is 60.9 cm³/mol. The Hall–Kier alpha value is -2.44. The first-order valence-electron chi connectivity index (χ1n) is 4.72. The molecule has 0 bridgehead atoms. The number of nitrogens with zero attached hydrogens (tertiary/aromatic N) is 2. The molecule has 0 aromatic heterocycles. The molecule has 7 heteroatoms. The normalized spacial score (nSPS) is 9.71. The molecule has 0 aliphatic heterocycles. The molecule has 0 unspecified atom stereocenters. The van der Waals surface area contributed by atoms with Crippen LogP contribution in [0, 0.1) is 10.1 Å². The Bertz CT molecular complexity index is 455. The third-order valence-electron chi connectivity index (χ3n) is 1.98. The number of rotatable bonds is 3. The molecule has 0 saturated carbocycles. The third kappa shape index (κ3) is 3.26. The van der Waals surface area contributed by atoms with Crippen molar-refractivity contribution in [3.05, 3.63) is 34.4 Å². The van der Waals surface area contributed by atoms with E-state index in [1.807, 2.05) is 0 Å². The van der Waals surface area contributed by atoms with Gasteiger partial charge in [-0.3, -0.25) is 19.7 Å². The van der Waals surface area contributed by atoms with Crippen LogP contribution < -0.4 is 10.6 Å². The van der Waals surface area contributed by atoms with E-state index in [0.29, 0.717) is 5.69 Å². The summed E-state index contributed by atoms with van der Waals surface area (Å²) in [4.78, 5) is 33.0. The zero-order valence-electron chi connectivity index (χ0n) is 9.12. The van der Waals surface area contributed by atoms with Crippen LogP contribution in [0.4, 0.5) is 11.4 Å². The zero-order chi connectivity index (χ0) is 13.0. The summed E-state index contributed by atoms with van der Waals surface area (Å²) in [5, 5.41) is 10.2. The maximum absolute atomic E-state index is 11.5. The number of hydrogen-bond donors (Lipinski definition) is 1. The van der Waals surface area contributed by atoms with Crippen LogP contribution in [-0.2, 0) is 9.59 Å². The monoisotopic (exact) mass is 237 g/mol. The largest absolute Gasteiger partial charge is 0.399 e. The van der Waals surface area contributed by atoms with Crippen molar-refractivity contribution in [1.82, 2.24) is 0 Å². The average molecular weight is 237 g/mol. The highest BCUT2D eigenvalue weighted by molar-refractivity contribution is 6.14. The second kappa shape index (κ2) is 5.06. The van der Waals surface area contributed by atoms with Crippen LogP contribution in [0.1, 0.15) is 6.92 Å². The fourth-order valence-electron chi connectivity index (χ4n) is 1.31. The Morgan fingerprint density at radius 1 is 1.35 bits per heavy atom. The Balaban J connectivity index is 3.01. The van der Waals surface area contributed by atoms with Crippen molar-refractivity contribution in [3.63, 3.8) is 0 Å². The van der Waals surface area contributed by atoms with Crippen LogP contribution in [0.15, 0.2) is 24.3 Å². The second-order valence-electron chi connectivity index (χ2n) is 3.33. The molecule has 1 rings (SSSR count). The van der Waals surface area contributed by atoms with Crippen molar-refractivity contribution in [2.24, 2.45) is 0 Å². The molecule has 0 fully saturated rings. The van der Waals surface area contributed by atoms with Gasteiger partial charge in [-0.2, -0.15) is 0 Å². The standard InChI is InChI=1S/C10H11N3O4/c1-7(14)13(10(15)6-12(16)17)9-4-2-8(11)3-5-9/h2-5H,6,11H2,1H3. The van der Waals surface area contributed by atoms with Gasteiger partial charge in [0.2, 0.25) is 5.91 Å². The zero-order valence-corrected chi connectivity index (χ0v) is 9.12. The summed E-state index contributed by atoms with van der Waals surface area (Å²) in [5.74, 6) is -1.46. The number of amides is 2. The van der Waals surface area contributed by atoms with E-state index in [1.54, 1.807) is 0 Å². The molecule has 0 spiro atoms. The predicted octanol–water partition coefficient (Wildman–Crippen LogP) is 0.425. The van der Waals surface area contributed by atoms with E-state index in [0.717, 1.165) is 11.8 Å². The van der Waals surface area contributed by atoms with Gasteiger partial charge >= 0.3 is 5.91 Å². The van der Waals surface area contributed by atoms with Crippen molar-refractivity contribution in [3.8, 4) is 0 Å². The van der Waals surface area contributed by atoms with Gasteiger partial charge in [0.15, 0.2) is 0 Å². The summed E-state index contributed by atoms with van der Waals surface area (Å²) in [6.07, 6.45) is 0. The summed E-state index contributed by atoms with van der Waals surface area (Å²) in [6.45, 7) is 0.234. The Morgan fingerprint density at radius 2 is 1.88 bits per heavy atom. The number of carbonyl (C=O) groups is 2. The second-order valence-corrected chi connectivity index (χ2v) is 3.33. The number of nitrogen functional groups attached to an aromatic ring is 1. The van der Waals surface area contributed by atoms with Gasteiger partial charge in [-0.05, 0) is 24.3 Å². The molecule has 1 aromatic carbocycles. The lowest BCUT2D eigenvalue weighted by atomic mass is 10.2. The smallest absolute Gasteiger partial charge is 0.305 e. The molecule has 0 radical (unpaired) electrons. The summed E-state index contributed by atoms with van der Waals surface area (Å²) >= 11 is 0. The lowest BCUT2D eigenvalue weighted by Crippen LogP contribution is -2.39. The Labute approximate surface area is 97.0 Å². The van der Waals surface area contributed by atoms with E-state index in [-0.39, 0.29) is 5.69 Å². The molecule has 0 aliphatic carbocycles. The number of hydrogen-bond acceptors (Lipinski definition) is 5. The summed E-state index contributed by atoms with van der Waals surface area (Å²) in [6, 6.07) is 5.92. The first-order valence-corrected chi connectivity index (χ1v) is 4.72. The molecule has 0 heterocycles. The fourth-order valence-corrected chi connectivity index (χ4v) is 1.31. The molecule has 7 nitrogen and oxygen atoms in total. The highest BCUT2D eigenvalue weighted by Crippen LogP contribution is 2.16. The Kier molecular flexibility index (Phi) is 3.76. The summed E-state index contributed by atoms with van der Waals surface area (Å²) in [5.41, 5.74) is 6.20. The van der Waals surface area contributed by atoms with Gasteiger partial charge in [0.25, 0.3) is 6.54 Å². The van der Waals surface area contributed by atoms with Gasteiger partial charge in [0, 0.05) is 17.5 Å².